The van der Waals surface area contributed by atoms with E-state index in [0.29, 0.717) is 37.3 Å². The van der Waals surface area contributed by atoms with Crippen LogP contribution in [-0.2, 0) is 48.1 Å². The molecule has 0 unspecified atom stereocenters. The summed E-state index contributed by atoms with van der Waals surface area (Å²) in [6.07, 6.45) is 2.09. The Bertz CT molecular complexity index is 1530. The molecule has 4 amide bonds. The number of nitrogens with two attached hydrogens (primary N) is 1. The number of nitrogens with zero attached hydrogens (tertiary/aromatic N) is 1. The van der Waals surface area contributed by atoms with E-state index < -0.39 is 41.5 Å². The molecule has 0 aliphatic carbocycles. The van der Waals surface area contributed by atoms with Crippen molar-refractivity contribution in [2.45, 2.75) is 82.6 Å². The highest BCUT2D eigenvalue weighted by atomic mass is 16.5. The maximum absolute atomic E-state index is 14.1. The summed E-state index contributed by atoms with van der Waals surface area (Å²) < 4.78 is 15.6. The molecule has 2 aromatic rings. The van der Waals surface area contributed by atoms with Crippen molar-refractivity contribution in [2.24, 2.45) is 5.73 Å². The normalized spacial score (nSPS) is 17.0. The predicted octanol–water partition coefficient (Wildman–Crippen LogP) is 1.30. The van der Waals surface area contributed by atoms with E-state index in [1.165, 1.54) is 18.9 Å². The van der Waals surface area contributed by atoms with Gasteiger partial charge in [-0.15, -0.1) is 0 Å². The largest absolute Gasteiger partial charge is 0.497 e. The summed E-state index contributed by atoms with van der Waals surface area (Å²) in [6, 6.07) is 10.4. The Morgan fingerprint density at radius 3 is 2.41 bits per heavy atom. The van der Waals surface area contributed by atoms with Crippen LogP contribution in [0.5, 0.6) is 11.5 Å². The van der Waals surface area contributed by atoms with E-state index >= 15 is 0 Å². The van der Waals surface area contributed by atoms with Crippen LogP contribution in [0, 0.1) is 0 Å². The molecule has 0 saturated carbocycles. The minimum atomic E-state index is -1.24. The Morgan fingerprint density at radius 1 is 1.06 bits per heavy atom. The average molecular weight is 710 g/mol. The van der Waals surface area contributed by atoms with Crippen molar-refractivity contribution in [3.05, 3.63) is 71.8 Å². The number of esters is 1. The van der Waals surface area contributed by atoms with Gasteiger partial charge in [0.2, 0.25) is 23.6 Å². The fourth-order valence-corrected chi connectivity index (χ4v) is 5.72. The molecule has 1 saturated heterocycles. The van der Waals surface area contributed by atoms with Gasteiger partial charge in [0.1, 0.15) is 35.7 Å². The number of likely N-dealkylation sites (tertiary alicyclic amines) is 1. The van der Waals surface area contributed by atoms with E-state index in [9.17, 15) is 29.1 Å². The number of carbonyl (C=O) groups is 5. The molecular formula is C37H51N5O9. The Hall–Kier alpha value is -4.95. The van der Waals surface area contributed by atoms with Crippen LogP contribution < -0.4 is 31.2 Å². The SMILES string of the molecule is C=CCOc1cc(CCNC(=O)[C@]2(C)CCCN2C(=O)[C@H](Cc2ccc(OC)cc2)NC(=O)[C@@H](N)[C@H](C)O)ccc1CNC(=O)CCC(=O)OC. The lowest BCUT2D eigenvalue weighted by Gasteiger charge is -2.36. The van der Waals surface area contributed by atoms with Gasteiger partial charge in [-0.05, 0) is 62.4 Å². The molecule has 1 aliphatic heterocycles. The van der Waals surface area contributed by atoms with Gasteiger partial charge >= 0.3 is 5.97 Å². The molecular weight excluding hydrogens is 658 g/mol. The summed E-state index contributed by atoms with van der Waals surface area (Å²) in [7, 11) is 2.82. The van der Waals surface area contributed by atoms with E-state index in [1.807, 2.05) is 18.2 Å². The smallest absolute Gasteiger partial charge is 0.306 e. The number of ether oxygens (including phenoxy) is 3. The first-order valence-corrected chi connectivity index (χ1v) is 17.0. The molecule has 1 aliphatic rings. The average Bonchev–Trinajstić information content (AvgIpc) is 3.53. The molecule has 0 bridgehead atoms. The number of amides is 4. The third-order valence-electron chi connectivity index (χ3n) is 8.88. The van der Waals surface area contributed by atoms with Crippen LogP contribution in [0.2, 0.25) is 0 Å². The zero-order valence-electron chi connectivity index (χ0n) is 29.9. The van der Waals surface area contributed by atoms with Crippen molar-refractivity contribution in [2.75, 3.05) is 33.9 Å². The van der Waals surface area contributed by atoms with Crippen molar-refractivity contribution in [3.8, 4) is 11.5 Å². The van der Waals surface area contributed by atoms with Gasteiger partial charge in [0.05, 0.1) is 26.7 Å². The topological polar surface area (TPSA) is 199 Å². The molecule has 4 atom stereocenters. The fourth-order valence-electron chi connectivity index (χ4n) is 5.72. The summed E-state index contributed by atoms with van der Waals surface area (Å²) in [5.74, 6) is -0.999. The van der Waals surface area contributed by atoms with E-state index in [0.717, 1.165) is 16.7 Å². The van der Waals surface area contributed by atoms with Gasteiger partial charge in [0.15, 0.2) is 0 Å². The summed E-state index contributed by atoms with van der Waals surface area (Å²) in [4.78, 5) is 65.7. The minimum absolute atomic E-state index is 0.00433. The first-order chi connectivity index (χ1) is 24.3. The van der Waals surface area contributed by atoms with Gasteiger partial charge in [-0.2, -0.15) is 0 Å². The van der Waals surface area contributed by atoms with Gasteiger partial charge in [-0.1, -0.05) is 36.9 Å². The van der Waals surface area contributed by atoms with Crippen LogP contribution in [-0.4, -0.2) is 97.2 Å². The number of rotatable bonds is 19. The summed E-state index contributed by atoms with van der Waals surface area (Å²) >= 11 is 0. The number of methoxy groups -OCH3 is 2. The molecule has 3 rings (SSSR count). The second kappa shape index (κ2) is 19.4. The molecule has 1 fully saturated rings. The fraction of sp³-hybridized carbons (Fsp3) is 0.486. The van der Waals surface area contributed by atoms with Crippen molar-refractivity contribution in [1.29, 1.82) is 0 Å². The summed E-state index contributed by atoms with van der Waals surface area (Å²) in [5, 5.41) is 18.4. The Balaban J connectivity index is 1.68. The zero-order chi connectivity index (χ0) is 37.6. The Labute approximate surface area is 299 Å². The van der Waals surface area contributed by atoms with Crippen LogP contribution in [0.4, 0.5) is 0 Å². The predicted molar refractivity (Wildman–Crippen MR) is 190 cm³/mol. The molecule has 51 heavy (non-hydrogen) atoms. The van der Waals surface area contributed by atoms with Crippen molar-refractivity contribution < 1.29 is 43.3 Å². The molecule has 14 nitrogen and oxygen atoms in total. The number of hydrogen-bond donors (Lipinski definition) is 5. The highest BCUT2D eigenvalue weighted by Gasteiger charge is 2.47. The van der Waals surface area contributed by atoms with Crippen molar-refractivity contribution in [1.82, 2.24) is 20.9 Å². The van der Waals surface area contributed by atoms with Gasteiger partial charge < -0.3 is 45.9 Å². The molecule has 278 valence electrons. The second-order valence-electron chi connectivity index (χ2n) is 12.6. The molecule has 6 N–H and O–H groups in total. The first kappa shape index (κ1) is 40.5. The minimum Gasteiger partial charge on any atom is -0.497 e. The van der Waals surface area contributed by atoms with Crippen LogP contribution in [0.1, 0.15) is 56.2 Å². The molecule has 14 heteroatoms. The summed E-state index contributed by atoms with van der Waals surface area (Å²) in [6.45, 7) is 7.85. The molecule has 1 heterocycles. The zero-order valence-corrected chi connectivity index (χ0v) is 29.9. The van der Waals surface area contributed by atoms with E-state index in [2.05, 4.69) is 27.3 Å². The third kappa shape index (κ3) is 11.5. The van der Waals surface area contributed by atoms with Crippen LogP contribution >= 0.6 is 0 Å². The quantitative estimate of drug-likeness (QED) is 0.105. The lowest BCUT2D eigenvalue weighted by molar-refractivity contribution is -0.146. The van der Waals surface area contributed by atoms with Crippen LogP contribution in [0.15, 0.2) is 55.1 Å². The molecule has 0 aromatic heterocycles. The standard InChI is InChI=1S/C37H51N5O9/c1-6-20-51-30-22-26(8-11-27(30)23-40-31(44)14-15-32(45)50-5)16-18-39-36(48)37(3)17-7-19-42(37)35(47)29(41-34(46)33(38)24(2)43)21-25-9-12-28(49-4)13-10-25/h6,8-13,22,24,29,33,43H,1,7,14-21,23,38H2,2-5H3,(H,39,48)(H,40,44)(H,41,46)/t24-,29-,33-,37-/m0/s1. The molecule has 0 spiro atoms. The Kier molecular flexibility index (Phi) is 15.4. The van der Waals surface area contributed by atoms with Crippen LogP contribution in [0.3, 0.4) is 0 Å². The van der Waals surface area contributed by atoms with Gasteiger partial charge in [-0.25, -0.2) is 0 Å². The van der Waals surface area contributed by atoms with Gasteiger partial charge in [0, 0.05) is 38.0 Å². The lowest BCUT2D eigenvalue weighted by Crippen LogP contribution is -2.61. The number of hydrogen-bond acceptors (Lipinski definition) is 10. The number of nitrogens with one attached hydrogen (secondary N) is 3. The maximum atomic E-state index is 14.1. The highest BCUT2D eigenvalue weighted by molar-refractivity contribution is 5.95. The summed E-state index contributed by atoms with van der Waals surface area (Å²) in [5.41, 5.74) is 7.07. The number of benzene rings is 2. The van der Waals surface area contributed by atoms with Gasteiger partial charge in [0.25, 0.3) is 0 Å². The lowest BCUT2D eigenvalue weighted by atomic mass is 9.95. The molecule has 0 radical (unpaired) electrons. The third-order valence-corrected chi connectivity index (χ3v) is 8.88. The number of carbonyl (C=O) groups excluding carboxylic acids is 5. The van der Waals surface area contributed by atoms with E-state index in [1.54, 1.807) is 44.4 Å². The first-order valence-electron chi connectivity index (χ1n) is 17.0. The van der Waals surface area contributed by atoms with Crippen molar-refractivity contribution in [3.63, 3.8) is 0 Å². The van der Waals surface area contributed by atoms with E-state index in [4.69, 9.17) is 15.2 Å². The maximum Gasteiger partial charge on any atom is 0.306 e. The number of aliphatic hydroxyl groups excluding tert-OH is 1. The molecule has 2 aromatic carbocycles. The number of aliphatic hydroxyl groups is 1. The van der Waals surface area contributed by atoms with Crippen molar-refractivity contribution >= 4 is 29.6 Å². The Morgan fingerprint density at radius 2 is 1.76 bits per heavy atom. The van der Waals surface area contributed by atoms with Crippen LogP contribution in [0.25, 0.3) is 0 Å². The second-order valence-corrected chi connectivity index (χ2v) is 12.6. The van der Waals surface area contributed by atoms with E-state index in [-0.39, 0.29) is 50.8 Å². The highest BCUT2D eigenvalue weighted by Crippen LogP contribution is 2.31. The van der Waals surface area contributed by atoms with Gasteiger partial charge in [-0.3, -0.25) is 24.0 Å². The monoisotopic (exact) mass is 709 g/mol.